The molecule has 0 saturated heterocycles. The van der Waals surface area contributed by atoms with Gasteiger partial charge in [0.05, 0.1) is 7.11 Å². The summed E-state index contributed by atoms with van der Waals surface area (Å²) in [6.07, 6.45) is 0. The topological polar surface area (TPSA) is 58.6 Å². The first-order valence-corrected chi connectivity index (χ1v) is 6.35. The average molecular weight is 265 g/mol. The monoisotopic (exact) mass is 265 g/mol. The van der Waals surface area contributed by atoms with E-state index >= 15 is 0 Å². The molecule has 0 heterocycles. The van der Waals surface area contributed by atoms with Crippen molar-refractivity contribution in [1.29, 1.82) is 0 Å². The van der Waals surface area contributed by atoms with Gasteiger partial charge in [-0.15, -0.1) is 0 Å². The maximum Gasteiger partial charge on any atom is 0.245 e. The Morgan fingerprint density at radius 3 is 2.42 bits per heavy atom. The van der Waals surface area contributed by atoms with Crippen LogP contribution in [0.15, 0.2) is 12.1 Å². The van der Waals surface area contributed by atoms with Crippen LogP contribution in [0.4, 0.5) is 0 Å². The minimum Gasteiger partial charge on any atom is -0.496 e. The lowest BCUT2D eigenvalue weighted by Crippen LogP contribution is -2.38. The molecule has 1 amide bonds. The van der Waals surface area contributed by atoms with Gasteiger partial charge in [-0.05, 0) is 31.0 Å². The molecule has 4 heteroatoms. The van der Waals surface area contributed by atoms with Crippen molar-refractivity contribution in [1.82, 2.24) is 5.32 Å². The van der Waals surface area contributed by atoms with Gasteiger partial charge in [-0.25, -0.2) is 0 Å². The highest BCUT2D eigenvalue weighted by Gasteiger charge is 2.25. The van der Waals surface area contributed by atoms with Crippen molar-refractivity contribution in [2.45, 2.75) is 33.1 Å². The molecule has 2 N–H and O–H groups in total. The van der Waals surface area contributed by atoms with E-state index in [1.165, 1.54) is 11.1 Å². The number of carbonyl (C=O) groups is 1. The number of hydrogen-bond acceptors (Lipinski definition) is 3. The van der Waals surface area contributed by atoms with E-state index in [0.717, 1.165) is 11.3 Å². The van der Waals surface area contributed by atoms with Crippen LogP contribution in [-0.2, 0) is 10.2 Å². The molecule has 0 aliphatic heterocycles. The lowest BCUT2D eigenvalue weighted by molar-refractivity contribution is -0.124. The number of rotatable bonds is 5. The molecule has 0 aromatic heterocycles. The van der Waals surface area contributed by atoms with E-state index in [0.29, 0.717) is 6.54 Å². The zero-order chi connectivity index (χ0) is 14.6. The second kappa shape index (κ2) is 6.06. The number of ether oxygens (including phenoxy) is 1. The number of hydrogen-bond donors (Lipinski definition) is 2. The Balaban J connectivity index is 3.05. The first-order chi connectivity index (χ1) is 8.81. The van der Waals surface area contributed by atoms with Crippen LogP contribution in [0.1, 0.15) is 30.5 Å². The van der Waals surface area contributed by atoms with Crippen LogP contribution < -0.4 is 10.1 Å². The molecule has 0 saturated carbocycles. The fraction of sp³-hybridized carbons (Fsp3) is 0.533. The number of amides is 1. The summed E-state index contributed by atoms with van der Waals surface area (Å²) >= 11 is 0. The Bertz CT molecular complexity index is 467. The van der Waals surface area contributed by atoms with E-state index in [1.807, 2.05) is 26.8 Å². The van der Waals surface area contributed by atoms with Crippen LogP contribution in [0, 0.1) is 13.8 Å². The van der Waals surface area contributed by atoms with Gasteiger partial charge in [-0.3, -0.25) is 4.79 Å². The number of carbonyl (C=O) groups excluding carboxylic acids is 1. The zero-order valence-electron chi connectivity index (χ0n) is 12.3. The van der Waals surface area contributed by atoms with Crippen LogP contribution in [0.3, 0.4) is 0 Å². The fourth-order valence-corrected chi connectivity index (χ4v) is 1.96. The molecule has 106 valence electrons. The summed E-state index contributed by atoms with van der Waals surface area (Å²) in [4.78, 5) is 11.2. The van der Waals surface area contributed by atoms with E-state index in [-0.39, 0.29) is 11.3 Å². The minimum atomic E-state index is -0.486. The molecular formula is C15H23NO3. The average Bonchev–Trinajstić information content (AvgIpc) is 2.38. The van der Waals surface area contributed by atoms with Crippen LogP contribution in [-0.4, -0.2) is 31.3 Å². The molecule has 4 nitrogen and oxygen atoms in total. The number of aliphatic hydroxyl groups is 1. The van der Waals surface area contributed by atoms with E-state index in [4.69, 9.17) is 9.84 Å². The van der Waals surface area contributed by atoms with Gasteiger partial charge in [0, 0.05) is 17.5 Å². The number of aliphatic hydroxyl groups excluding tert-OH is 1. The van der Waals surface area contributed by atoms with Gasteiger partial charge < -0.3 is 15.2 Å². The van der Waals surface area contributed by atoms with Gasteiger partial charge >= 0.3 is 0 Å². The van der Waals surface area contributed by atoms with E-state index in [9.17, 15) is 4.79 Å². The third-order valence-electron chi connectivity index (χ3n) is 3.42. The Morgan fingerprint density at radius 2 is 1.89 bits per heavy atom. The van der Waals surface area contributed by atoms with Crippen LogP contribution >= 0.6 is 0 Å². The second-order valence-corrected chi connectivity index (χ2v) is 5.46. The van der Waals surface area contributed by atoms with E-state index in [1.54, 1.807) is 7.11 Å². The van der Waals surface area contributed by atoms with Crippen molar-refractivity contribution < 1.29 is 14.6 Å². The Hall–Kier alpha value is -1.55. The summed E-state index contributed by atoms with van der Waals surface area (Å²) in [7, 11) is 1.65. The molecule has 0 atom stereocenters. The van der Waals surface area contributed by atoms with Crippen molar-refractivity contribution >= 4 is 5.91 Å². The molecule has 0 radical (unpaired) electrons. The number of aryl methyl sites for hydroxylation is 2. The predicted molar refractivity (Wildman–Crippen MR) is 75.6 cm³/mol. The van der Waals surface area contributed by atoms with Crippen LogP contribution in [0.2, 0.25) is 0 Å². The van der Waals surface area contributed by atoms with Crippen LogP contribution in [0.25, 0.3) is 0 Å². The summed E-state index contributed by atoms with van der Waals surface area (Å²) < 4.78 is 5.44. The summed E-state index contributed by atoms with van der Waals surface area (Å²) in [5, 5.41) is 11.5. The highest BCUT2D eigenvalue weighted by Crippen LogP contribution is 2.33. The molecule has 0 bridgehead atoms. The number of methoxy groups -OCH3 is 1. The maximum absolute atomic E-state index is 11.2. The molecule has 0 spiro atoms. The molecule has 0 unspecified atom stereocenters. The predicted octanol–water partition coefficient (Wildman–Crippen LogP) is 1.70. The maximum atomic E-state index is 11.2. The van der Waals surface area contributed by atoms with Crippen molar-refractivity contribution in [3.8, 4) is 5.75 Å². The fourth-order valence-electron chi connectivity index (χ4n) is 1.96. The van der Waals surface area contributed by atoms with Gasteiger partial charge in [0.25, 0.3) is 0 Å². The molecular weight excluding hydrogens is 242 g/mol. The van der Waals surface area contributed by atoms with Crippen molar-refractivity contribution in [3.05, 3.63) is 28.8 Å². The third kappa shape index (κ3) is 3.70. The number of benzene rings is 1. The summed E-state index contributed by atoms with van der Waals surface area (Å²) in [5.74, 6) is 0.460. The second-order valence-electron chi connectivity index (χ2n) is 5.46. The molecule has 0 fully saturated rings. The van der Waals surface area contributed by atoms with Crippen molar-refractivity contribution in [2.24, 2.45) is 0 Å². The smallest absolute Gasteiger partial charge is 0.245 e. The Morgan fingerprint density at radius 1 is 1.32 bits per heavy atom. The van der Waals surface area contributed by atoms with Crippen molar-refractivity contribution in [2.75, 3.05) is 20.3 Å². The number of nitrogens with one attached hydrogen (secondary N) is 1. The van der Waals surface area contributed by atoms with Gasteiger partial charge in [0.2, 0.25) is 5.91 Å². The van der Waals surface area contributed by atoms with Crippen LogP contribution in [0.5, 0.6) is 5.75 Å². The van der Waals surface area contributed by atoms with Crippen molar-refractivity contribution in [3.63, 3.8) is 0 Å². The molecule has 1 rings (SSSR count). The normalized spacial score (nSPS) is 11.3. The Kier molecular flexibility index (Phi) is 4.95. The lowest BCUT2D eigenvalue weighted by Gasteiger charge is -2.28. The summed E-state index contributed by atoms with van der Waals surface area (Å²) in [6.45, 7) is 8.14. The summed E-state index contributed by atoms with van der Waals surface area (Å²) in [6, 6.07) is 4.11. The standard InChI is InChI=1S/C15H23NO3/c1-10-6-12(13(19-5)7-11(10)2)15(3,4)9-16-14(18)8-17/h6-7,17H,8-9H2,1-5H3,(H,16,18). The van der Waals surface area contributed by atoms with Gasteiger partial charge in [-0.1, -0.05) is 19.9 Å². The Labute approximate surface area is 114 Å². The lowest BCUT2D eigenvalue weighted by atomic mass is 9.82. The zero-order valence-corrected chi connectivity index (χ0v) is 12.3. The molecule has 0 aliphatic carbocycles. The molecule has 19 heavy (non-hydrogen) atoms. The highest BCUT2D eigenvalue weighted by molar-refractivity contribution is 5.77. The van der Waals surface area contributed by atoms with Gasteiger partial charge in [0.15, 0.2) is 0 Å². The molecule has 1 aromatic rings. The first-order valence-electron chi connectivity index (χ1n) is 6.35. The van der Waals surface area contributed by atoms with E-state index < -0.39 is 6.61 Å². The largest absolute Gasteiger partial charge is 0.496 e. The summed E-state index contributed by atoms with van der Waals surface area (Å²) in [5.41, 5.74) is 3.15. The van der Waals surface area contributed by atoms with Gasteiger partial charge in [-0.2, -0.15) is 0 Å². The van der Waals surface area contributed by atoms with E-state index in [2.05, 4.69) is 18.3 Å². The highest BCUT2D eigenvalue weighted by atomic mass is 16.5. The SMILES string of the molecule is COc1cc(C)c(C)cc1C(C)(C)CNC(=O)CO. The first kappa shape index (κ1) is 15.5. The minimum absolute atomic E-state index is 0.269. The van der Waals surface area contributed by atoms with Gasteiger partial charge in [0.1, 0.15) is 12.4 Å². The molecule has 1 aromatic carbocycles. The molecule has 0 aliphatic rings. The third-order valence-corrected chi connectivity index (χ3v) is 3.42. The quantitative estimate of drug-likeness (QED) is 0.852.